The van der Waals surface area contributed by atoms with Gasteiger partial charge in [0.15, 0.2) is 11.5 Å². The summed E-state index contributed by atoms with van der Waals surface area (Å²) in [6, 6.07) is 16.7. The van der Waals surface area contributed by atoms with Crippen molar-refractivity contribution in [3.05, 3.63) is 59.3 Å². The zero-order valence-corrected chi connectivity index (χ0v) is 16.7. The summed E-state index contributed by atoms with van der Waals surface area (Å²) in [4.78, 5) is 0. The molecule has 2 aromatic carbocycles. The lowest BCUT2D eigenvalue weighted by molar-refractivity contribution is 0.324. The van der Waals surface area contributed by atoms with Gasteiger partial charge in [0.05, 0.1) is 32.6 Å². The van der Waals surface area contributed by atoms with Gasteiger partial charge >= 0.3 is 0 Å². The summed E-state index contributed by atoms with van der Waals surface area (Å²) in [5.41, 5.74) is 7.92. The second-order valence-electron chi connectivity index (χ2n) is 6.10. The van der Waals surface area contributed by atoms with Gasteiger partial charge in [-0.05, 0) is 35.9 Å². The topological polar surface area (TPSA) is 119 Å². The standard InChI is InChI=1S/C22H19N5O3/c1-28-18-10-14(11-19(29-2)21(18)30-3)9-15(12-23)20-17(13-24)22(25)27(26-20)16-7-5-4-6-8-16/h4-11H,25H2,1-3H3/b15-9-. The fraction of sp³-hybridized carbons (Fsp3) is 0.136. The van der Waals surface area contributed by atoms with Gasteiger partial charge in [-0.25, -0.2) is 4.68 Å². The Balaban J connectivity index is 2.17. The molecule has 3 aromatic rings. The summed E-state index contributed by atoms with van der Waals surface area (Å²) in [5, 5.41) is 23.8. The number of hydrogen-bond donors (Lipinski definition) is 1. The Morgan fingerprint density at radius 1 is 1.03 bits per heavy atom. The molecule has 0 bridgehead atoms. The van der Waals surface area contributed by atoms with Crippen molar-refractivity contribution in [3.63, 3.8) is 0 Å². The van der Waals surface area contributed by atoms with E-state index in [0.29, 0.717) is 28.5 Å². The molecular formula is C22H19N5O3. The molecule has 0 radical (unpaired) electrons. The maximum atomic E-state index is 9.78. The third kappa shape index (κ3) is 3.62. The van der Waals surface area contributed by atoms with Gasteiger partial charge in [-0.1, -0.05) is 18.2 Å². The first-order chi connectivity index (χ1) is 14.6. The maximum Gasteiger partial charge on any atom is 0.203 e. The van der Waals surface area contributed by atoms with E-state index < -0.39 is 0 Å². The minimum absolute atomic E-state index is 0.124. The predicted octanol–water partition coefficient (Wildman–Crippen LogP) is 3.42. The molecule has 0 spiro atoms. The van der Waals surface area contributed by atoms with Crippen LogP contribution in [0.5, 0.6) is 17.2 Å². The molecule has 150 valence electrons. The van der Waals surface area contributed by atoms with Crippen molar-refractivity contribution >= 4 is 17.5 Å². The number of aromatic nitrogens is 2. The van der Waals surface area contributed by atoms with E-state index >= 15 is 0 Å². The van der Waals surface area contributed by atoms with Gasteiger partial charge < -0.3 is 19.9 Å². The van der Waals surface area contributed by atoms with Gasteiger partial charge in [0, 0.05) is 0 Å². The first-order valence-electron chi connectivity index (χ1n) is 8.84. The molecule has 8 heteroatoms. The Bertz CT molecular complexity index is 1160. The number of nitrogens with zero attached hydrogens (tertiary/aromatic N) is 4. The zero-order valence-electron chi connectivity index (χ0n) is 16.7. The highest BCUT2D eigenvalue weighted by atomic mass is 16.5. The molecular weight excluding hydrogens is 382 g/mol. The number of rotatable bonds is 6. The number of nitrogen functional groups attached to an aromatic ring is 1. The zero-order chi connectivity index (χ0) is 21.7. The normalized spacial score (nSPS) is 10.8. The van der Waals surface area contributed by atoms with E-state index in [2.05, 4.69) is 11.2 Å². The third-order valence-corrected chi connectivity index (χ3v) is 4.41. The van der Waals surface area contributed by atoms with Crippen molar-refractivity contribution in [1.29, 1.82) is 10.5 Å². The Labute approximate surface area is 173 Å². The molecule has 0 amide bonds. The lowest BCUT2D eigenvalue weighted by Crippen LogP contribution is -2.02. The highest BCUT2D eigenvalue weighted by Gasteiger charge is 2.20. The summed E-state index contributed by atoms with van der Waals surface area (Å²) < 4.78 is 17.5. The van der Waals surface area contributed by atoms with Crippen LogP contribution in [-0.2, 0) is 0 Å². The third-order valence-electron chi connectivity index (χ3n) is 4.41. The van der Waals surface area contributed by atoms with Crippen LogP contribution >= 0.6 is 0 Å². The number of methoxy groups -OCH3 is 3. The molecule has 30 heavy (non-hydrogen) atoms. The maximum absolute atomic E-state index is 9.78. The quantitative estimate of drug-likeness (QED) is 0.629. The SMILES string of the molecule is COc1cc(/C=C(/C#N)c2nn(-c3ccccc3)c(N)c2C#N)cc(OC)c1OC. The van der Waals surface area contributed by atoms with Crippen LogP contribution in [0.4, 0.5) is 5.82 Å². The van der Waals surface area contributed by atoms with Crippen LogP contribution in [0.25, 0.3) is 17.3 Å². The van der Waals surface area contributed by atoms with E-state index in [4.69, 9.17) is 19.9 Å². The molecule has 1 aromatic heterocycles. The number of allylic oxidation sites excluding steroid dienone is 1. The number of anilines is 1. The minimum atomic E-state index is 0.124. The first-order valence-corrected chi connectivity index (χ1v) is 8.84. The van der Waals surface area contributed by atoms with Crippen molar-refractivity contribution in [2.45, 2.75) is 0 Å². The minimum Gasteiger partial charge on any atom is -0.493 e. The number of para-hydroxylation sites is 1. The first kappa shape index (κ1) is 20.3. The number of benzene rings is 2. The van der Waals surface area contributed by atoms with Gasteiger partial charge in [0.1, 0.15) is 29.2 Å². The fourth-order valence-electron chi connectivity index (χ4n) is 3.00. The highest BCUT2D eigenvalue weighted by molar-refractivity contribution is 5.92. The van der Waals surface area contributed by atoms with Crippen LogP contribution < -0.4 is 19.9 Å². The Kier molecular flexibility index (Phi) is 5.90. The molecule has 0 unspecified atom stereocenters. The largest absolute Gasteiger partial charge is 0.493 e. The number of nitrogens with two attached hydrogens (primary N) is 1. The van der Waals surface area contributed by atoms with Crippen molar-refractivity contribution in [1.82, 2.24) is 9.78 Å². The summed E-state index contributed by atoms with van der Waals surface area (Å²) in [6.45, 7) is 0. The molecule has 0 aliphatic heterocycles. The van der Waals surface area contributed by atoms with E-state index in [1.54, 1.807) is 18.2 Å². The molecule has 0 aliphatic carbocycles. The van der Waals surface area contributed by atoms with E-state index in [1.165, 1.54) is 26.0 Å². The van der Waals surface area contributed by atoms with Crippen LogP contribution in [-0.4, -0.2) is 31.1 Å². The molecule has 2 N–H and O–H groups in total. The number of nitriles is 2. The van der Waals surface area contributed by atoms with Crippen LogP contribution in [0.15, 0.2) is 42.5 Å². The second kappa shape index (κ2) is 8.72. The van der Waals surface area contributed by atoms with Gasteiger partial charge in [0.25, 0.3) is 0 Å². The summed E-state index contributed by atoms with van der Waals surface area (Å²) in [5.74, 6) is 1.47. The van der Waals surface area contributed by atoms with Gasteiger partial charge in [0.2, 0.25) is 5.75 Å². The Morgan fingerprint density at radius 3 is 2.17 bits per heavy atom. The van der Waals surface area contributed by atoms with Crippen LogP contribution in [0.3, 0.4) is 0 Å². The molecule has 0 saturated carbocycles. The van der Waals surface area contributed by atoms with Crippen molar-refractivity contribution in [3.8, 4) is 35.1 Å². The molecule has 3 rings (SSSR count). The average Bonchev–Trinajstić information content (AvgIpc) is 3.13. The average molecular weight is 401 g/mol. The van der Waals surface area contributed by atoms with Gasteiger partial charge in [-0.2, -0.15) is 15.6 Å². The van der Waals surface area contributed by atoms with Crippen LogP contribution in [0, 0.1) is 22.7 Å². The summed E-state index contributed by atoms with van der Waals surface area (Å²) >= 11 is 0. The van der Waals surface area contributed by atoms with Gasteiger partial charge in [-0.15, -0.1) is 0 Å². The Morgan fingerprint density at radius 2 is 1.67 bits per heavy atom. The van der Waals surface area contributed by atoms with E-state index in [1.807, 2.05) is 36.4 Å². The lowest BCUT2D eigenvalue weighted by atomic mass is 10.1. The lowest BCUT2D eigenvalue weighted by Gasteiger charge is -2.13. The van der Waals surface area contributed by atoms with Gasteiger partial charge in [-0.3, -0.25) is 0 Å². The smallest absolute Gasteiger partial charge is 0.203 e. The molecule has 0 saturated heterocycles. The second-order valence-corrected chi connectivity index (χ2v) is 6.10. The molecule has 0 fully saturated rings. The Hall–Kier alpha value is -4.43. The van der Waals surface area contributed by atoms with E-state index in [0.717, 1.165) is 0 Å². The fourth-order valence-corrected chi connectivity index (χ4v) is 3.00. The monoisotopic (exact) mass is 401 g/mol. The van der Waals surface area contributed by atoms with E-state index in [-0.39, 0.29) is 22.6 Å². The molecule has 1 heterocycles. The highest BCUT2D eigenvalue weighted by Crippen LogP contribution is 2.39. The molecule has 8 nitrogen and oxygen atoms in total. The number of hydrogen-bond acceptors (Lipinski definition) is 7. The van der Waals surface area contributed by atoms with E-state index in [9.17, 15) is 10.5 Å². The van der Waals surface area contributed by atoms with Crippen molar-refractivity contribution in [2.24, 2.45) is 0 Å². The van der Waals surface area contributed by atoms with Crippen LogP contribution in [0.2, 0.25) is 0 Å². The molecule has 0 atom stereocenters. The van der Waals surface area contributed by atoms with Crippen LogP contribution in [0.1, 0.15) is 16.8 Å². The molecule has 0 aliphatic rings. The summed E-state index contributed by atoms with van der Waals surface area (Å²) in [7, 11) is 4.52. The number of ether oxygens (including phenoxy) is 3. The van der Waals surface area contributed by atoms with Crippen molar-refractivity contribution in [2.75, 3.05) is 27.1 Å². The predicted molar refractivity (Wildman–Crippen MR) is 112 cm³/mol. The van der Waals surface area contributed by atoms with Crippen molar-refractivity contribution < 1.29 is 14.2 Å². The summed E-state index contributed by atoms with van der Waals surface area (Å²) in [6.07, 6.45) is 1.59.